The van der Waals surface area contributed by atoms with E-state index >= 15 is 0 Å². The molecule has 1 heterocycles. The molecule has 0 amide bonds. The van der Waals surface area contributed by atoms with Crippen LogP contribution in [0.15, 0.2) is 40.7 Å². The Kier molecular flexibility index (Phi) is 1.72. The van der Waals surface area contributed by atoms with Crippen LogP contribution in [0.5, 0.6) is 0 Å². The van der Waals surface area contributed by atoms with Crippen molar-refractivity contribution in [3.8, 4) is 0 Å². The van der Waals surface area contributed by atoms with Crippen LogP contribution in [0.2, 0.25) is 0 Å². The first-order chi connectivity index (χ1) is 6.10. The van der Waals surface area contributed by atoms with Crippen LogP contribution in [0.25, 0.3) is 0 Å². The predicted octanol–water partition coefficient (Wildman–Crippen LogP) is 2.96. The van der Waals surface area contributed by atoms with Crippen molar-refractivity contribution in [2.75, 3.05) is 0 Å². The molecule has 1 atom stereocenters. The van der Waals surface area contributed by atoms with Crippen LogP contribution < -0.4 is 0 Å². The molecule has 0 aromatic heterocycles. The van der Waals surface area contributed by atoms with E-state index in [-0.39, 0.29) is 11.4 Å². The van der Waals surface area contributed by atoms with E-state index in [0.29, 0.717) is 6.42 Å². The topological polar surface area (TPSA) is 12.4 Å². The summed E-state index contributed by atoms with van der Waals surface area (Å²) < 4.78 is 12.9. The van der Waals surface area contributed by atoms with Crippen LogP contribution in [0.3, 0.4) is 0 Å². The minimum Gasteiger partial charge on any atom is -0.279 e. The van der Waals surface area contributed by atoms with Gasteiger partial charge in [-0.1, -0.05) is 6.08 Å². The zero-order valence-corrected chi connectivity index (χ0v) is 7.84. The minimum absolute atomic E-state index is 0.146. The Bertz CT molecular complexity index is 360. The number of hydrogen-bond donors (Lipinski definition) is 0. The maximum atomic E-state index is 12.9. The summed E-state index contributed by atoms with van der Waals surface area (Å²) in [6.45, 7) is 4.00. The second-order valence-corrected chi connectivity index (χ2v) is 3.75. The van der Waals surface area contributed by atoms with Gasteiger partial charge in [0.15, 0.2) is 0 Å². The highest BCUT2D eigenvalue weighted by molar-refractivity contribution is 5.95. The Morgan fingerprint density at radius 2 is 2.23 bits per heavy atom. The summed E-state index contributed by atoms with van der Waals surface area (Å²) in [6, 6.07) is 0. The lowest BCUT2D eigenvalue weighted by Gasteiger charge is -2.31. The molecule has 1 unspecified atom stereocenters. The molecular formula is C11H12FN. The van der Waals surface area contributed by atoms with Crippen molar-refractivity contribution < 1.29 is 4.39 Å². The van der Waals surface area contributed by atoms with Gasteiger partial charge in [0.2, 0.25) is 0 Å². The van der Waals surface area contributed by atoms with Gasteiger partial charge in [0.05, 0.1) is 5.54 Å². The molecule has 0 saturated heterocycles. The molecule has 1 aliphatic carbocycles. The maximum Gasteiger partial charge on any atom is 0.119 e. The summed E-state index contributed by atoms with van der Waals surface area (Å²) in [5, 5.41) is 0. The van der Waals surface area contributed by atoms with Crippen LogP contribution in [-0.4, -0.2) is 11.3 Å². The maximum absolute atomic E-state index is 12.9. The van der Waals surface area contributed by atoms with Gasteiger partial charge in [-0.05, 0) is 44.1 Å². The standard InChI is InChI=1S/C11H12FN/c1-8-3-4-9-7-10(12)5-6-11(9,2)13-8/h3-5,7H,6H2,1-2H3. The fraction of sp³-hybridized carbons (Fsp3) is 0.364. The Balaban J connectivity index is 2.45. The van der Waals surface area contributed by atoms with Gasteiger partial charge in [-0.25, -0.2) is 4.39 Å². The van der Waals surface area contributed by atoms with Crippen LogP contribution in [0, 0.1) is 0 Å². The Hall–Kier alpha value is -1.18. The van der Waals surface area contributed by atoms with Gasteiger partial charge in [0, 0.05) is 5.71 Å². The number of hydrogen-bond acceptors (Lipinski definition) is 1. The fourth-order valence-corrected chi connectivity index (χ4v) is 1.75. The zero-order valence-electron chi connectivity index (χ0n) is 7.84. The lowest BCUT2D eigenvalue weighted by Crippen LogP contribution is -2.28. The molecule has 0 fully saturated rings. The highest BCUT2D eigenvalue weighted by Crippen LogP contribution is 2.35. The molecule has 0 radical (unpaired) electrons. The summed E-state index contributed by atoms with van der Waals surface area (Å²) in [5.41, 5.74) is 1.75. The number of rotatable bonds is 0. The molecular weight excluding hydrogens is 165 g/mol. The van der Waals surface area contributed by atoms with Crippen molar-refractivity contribution in [3.63, 3.8) is 0 Å². The third-order valence-electron chi connectivity index (χ3n) is 2.54. The van der Waals surface area contributed by atoms with Crippen LogP contribution in [-0.2, 0) is 0 Å². The molecule has 2 rings (SSSR count). The quantitative estimate of drug-likeness (QED) is 0.539. The summed E-state index contributed by atoms with van der Waals surface area (Å²) in [4.78, 5) is 4.52. The lowest BCUT2D eigenvalue weighted by atomic mass is 9.83. The zero-order chi connectivity index (χ0) is 9.47. The molecule has 13 heavy (non-hydrogen) atoms. The molecule has 0 aromatic carbocycles. The SMILES string of the molecule is CC1=NC2(C)CC=C(F)C=C2C=C1. The van der Waals surface area contributed by atoms with Crippen molar-refractivity contribution in [2.45, 2.75) is 25.8 Å². The van der Waals surface area contributed by atoms with Gasteiger partial charge >= 0.3 is 0 Å². The molecule has 1 nitrogen and oxygen atoms in total. The molecule has 2 heteroatoms. The Morgan fingerprint density at radius 3 is 3.00 bits per heavy atom. The second kappa shape index (κ2) is 2.66. The summed E-state index contributed by atoms with van der Waals surface area (Å²) >= 11 is 0. The highest BCUT2D eigenvalue weighted by Gasteiger charge is 2.30. The number of dihydropyridines is 1. The first-order valence-corrected chi connectivity index (χ1v) is 4.42. The first kappa shape index (κ1) is 8.42. The summed E-state index contributed by atoms with van der Waals surface area (Å²) in [7, 11) is 0. The van der Waals surface area contributed by atoms with Crippen LogP contribution in [0.1, 0.15) is 20.3 Å². The number of aliphatic imine (C=N–C) groups is 1. The number of allylic oxidation sites excluding steroid dienone is 3. The van der Waals surface area contributed by atoms with E-state index in [4.69, 9.17) is 0 Å². The normalized spacial score (nSPS) is 31.8. The molecule has 1 aliphatic heterocycles. The van der Waals surface area contributed by atoms with E-state index in [9.17, 15) is 4.39 Å². The van der Waals surface area contributed by atoms with E-state index in [1.54, 1.807) is 12.2 Å². The second-order valence-electron chi connectivity index (χ2n) is 3.75. The van der Waals surface area contributed by atoms with Crippen molar-refractivity contribution in [2.24, 2.45) is 4.99 Å². The largest absolute Gasteiger partial charge is 0.279 e. The predicted molar refractivity (Wildman–Crippen MR) is 52.5 cm³/mol. The monoisotopic (exact) mass is 177 g/mol. The van der Waals surface area contributed by atoms with Crippen molar-refractivity contribution >= 4 is 5.71 Å². The number of halogens is 1. The summed E-state index contributed by atoms with van der Waals surface area (Å²) in [6.07, 6.45) is 7.70. The highest BCUT2D eigenvalue weighted by atomic mass is 19.1. The van der Waals surface area contributed by atoms with E-state index < -0.39 is 0 Å². The van der Waals surface area contributed by atoms with Crippen LogP contribution in [0.4, 0.5) is 4.39 Å². The average Bonchev–Trinajstić information content (AvgIpc) is 2.06. The summed E-state index contributed by atoms with van der Waals surface area (Å²) in [5.74, 6) is -0.146. The van der Waals surface area contributed by atoms with Gasteiger partial charge in [-0.2, -0.15) is 0 Å². The van der Waals surface area contributed by atoms with E-state index in [2.05, 4.69) is 4.99 Å². The van der Waals surface area contributed by atoms with E-state index in [1.165, 1.54) is 0 Å². The third-order valence-corrected chi connectivity index (χ3v) is 2.54. The van der Waals surface area contributed by atoms with Crippen molar-refractivity contribution in [1.29, 1.82) is 0 Å². The number of fused-ring (bicyclic) bond motifs is 1. The van der Waals surface area contributed by atoms with Gasteiger partial charge in [-0.15, -0.1) is 0 Å². The van der Waals surface area contributed by atoms with Gasteiger partial charge < -0.3 is 0 Å². The molecule has 2 aliphatic rings. The fourth-order valence-electron chi connectivity index (χ4n) is 1.75. The minimum atomic E-state index is -0.228. The van der Waals surface area contributed by atoms with Crippen molar-refractivity contribution in [1.82, 2.24) is 0 Å². The number of nitrogens with zero attached hydrogens (tertiary/aromatic N) is 1. The van der Waals surface area contributed by atoms with Gasteiger partial charge in [0.25, 0.3) is 0 Å². The molecule has 0 N–H and O–H groups in total. The molecule has 0 saturated carbocycles. The molecule has 68 valence electrons. The van der Waals surface area contributed by atoms with Crippen molar-refractivity contribution in [3.05, 3.63) is 35.7 Å². The Morgan fingerprint density at radius 1 is 1.46 bits per heavy atom. The molecule has 0 spiro atoms. The lowest BCUT2D eigenvalue weighted by molar-refractivity contribution is 0.537. The van der Waals surface area contributed by atoms with Crippen LogP contribution >= 0.6 is 0 Å². The third kappa shape index (κ3) is 1.37. The Labute approximate surface area is 77.4 Å². The first-order valence-electron chi connectivity index (χ1n) is 4.42. The van der Waals surface area contributed by atoms with E-state index in [0.717, 1.165) is 11.3 Å². The smallest absolute Gasteiger partial charge is 0.119 e. The molecule has 0 aromatic rings. The average molecular weight is 177 g/mol. The molecule has 0 bridgehead atoms. The van der Waals surface area contributed by atoms with E-state index in [1.807, 2.05) is 26.0 Å². The van der Waals surface area contributed by atoms with Gasteiger partial charge in [-0.3, -0.25) is 4.99 Å². The van der Waals surface area contributed by atoms with Gasteiger partial charge in [0.1, 0.15) is 5.83 Å².